The van der Waals surface area contributed by atoms with Crippen LogP contribution in [0.25, 0.3) is 0 Å². The number of rotatable bonds is 4. The van der Waals surface area contributed by atoms with Crippen molar-refractivity contribution in [2.45, 2.75) is 23.1 Å². The van der Waals surface area contributed by atoms with Gasteiger partial charge in [-0.3, -0.25) is 4.79 Å². The van der Waals surface area contributed by atoms with E-state index in [0.29, 0.717) is 17.2 Å². The number of hydrogen-bond donors (Lipinski definition) is 2. The second-order valence-electron chi connectivity index (χ2n) is 3.88. The summed E-state index contributed by atoms with van der Waals surface area (Å²) >= 11 is 6.64. The molecule has 1 heterocycles. The van der Waals surface area contributed by atoms with Crippen LogP contribution in [0.1, 0.15) is 12.8 Å². The Morgan fingerprint density at radius 2 is 2.12 bits per heavy atom. The van der Waals surface area contributed by atoms with Crippen LogP contribution < -0.4 is 4.72 Å². The summed E-state index contributed by atoms with van der Waals surface area (Å²) in [6.07, 6.45) is 0.682. The lowest BCUT2D eigenvalue weighted by Crippen LogP contribution is -2.46. The highest BCUT2D eigenvalue weighted by molar-refractivity contribution is 7.91. The molecule has 1 aromatic heterocycles. The molecule has 0 bridgehead atoms. The number of carboxylic acids is 1. The van der Waals surface area contributed by atoms with Crippen molar-refractivity contribution in [3.8, 4) is 0 Å². The van der Waals surface area contributed by atoms with Crippen LogP contribution in [-0.2, 0) is 14.8 Å². The molecular weight excluding hydrogens is 286 g/mol. The van der Waals surface area contributed by atoms with E-state index in [1.807, 2.05) is 0 Å². The largest absolute Gasteiger partial charge is 0.481 e. The molecule has 0 radical (unpaired) electrons. The Labute approximate surface area is 107 Å². The van der Waals surface area contributed by atoms with Crippen LogP contribution in [-0.4, -0.2) is 25.5 Å². The van der Waals surface area contributed by atoms with E-state index >= 15 is 0 Å². The van der Waals surface area contributed by atoms with Gasteiger partial charge in [0.2, 0.25) is 10.0 Å². The van der Waals surface area contributed by atoms with Gasteiger partial charge in [-0.15, -0.1) is 11.3 Å². The molecule has 2 rings (SSSR count). The van der Waals surface area contributed by atoms with Crippen molar-refractivity contribution in [2.24, 2.45) is 5.92 Å². The maximum atomic E-state index is 11.8. The monoisotopic (exact) mass is 295 g/mol. The molecule has 1 fully saturated rings. The first-order chi connectivity index (χ1) is 7.88. The lowest BCUT2D eigenvalue weighted by atomic mass is 9.81. The molecular formula is C9H10ClNO4S2. The first kappa shape index (κ1) is 12.8. The molecule has 1 aromatic rings. The number of halogens is 1. The Bertz CT molecular complexity index is 533. The van der Waals surface area contributed by atoms with Gasteiger partial charge >= 0.3 is 5.97 Å². The van der Waals surface area contributed by atoms with E-state index in [1.165, 1.54) is 12.1 Å². The quantitative estimate of drug-likeness (QED) is 0.882. The maximum absolute atomic E-state index is 11.8. The Hall–Kier alpha value is -0.630. The third-order valence-electron chi connectivity index (χ3n) is 2.62. The normalized spacial score (nSPS) is 24.3. The molecule has 0 spiro atoms. The number of sulfonamides is 1. The van der Waals surface area contributed by atoms with Crippen molar-refractivity contribution >= 4 is 38.9 Å². The van der Waals surface area contributed by atoms with Gasteiger partial charge in [-0.1, -0.05) is 11.6 Å². The summed E-state index contributed by atoms with van der Waals surface area (Å²) in [7, 11) is -3.56. The number of aliphatic carboxylic acids is 1. The maximum Gasteiger partial charge on any atom is 0.306 e. The lowest BCUT2D eigenvalue weighted by molar-refractivity contribution is -0.145. The minimum Gasteiger partial charge on any atom is -0.481 e. The van der Waals surface area contributed by atoms with Crippen LogP contribution in [0.3, 0.4) is 0 Å². The van der Waals surface area contributed by atoms with Gasteiger partial charge in [0.05, 0.1) is 10.3 Å². The summed E-state index contributed by atoms with van der Waals surface area (Å²) in [5, 5.41) is 8.68. The van der Waals surface area contributed by atoms with Crippen LogP contribution in [0.4, 0.5) is 0 Å². The van der Waals surface area contributed by atoms with E-state index in [4.69, 9.17) is 16.7 Å². The molecule has 8 heteroatoms. The molecule has 2 N–H and O–H groups in total. The van der Waals surface area contributed by atoms with Gasteiger partial charge in [-0.25, -0.2) is 13.1 Å². The van der Waals surface area contributed by atoms with Crippen molar-refractivity contribution in [1.82, 2.24) is 4.72 Å². The summed E-state index contributed by atoms with van der Waals surface area (Å²) in [6, 6.07) is 2.66. The minimum atomic E-state index is -3.56. The molecule has 0 atom stereocenters. The zero-order valence-corrected chi connectivity index (χ0v) is 11.0. The van der Waals surface area contributed by atoms with Gasteiger partial charge in [0.15, 0.2) is 0 Å². The summed E-state index contributed by atoms with van der Waals surface area (Å²) in [6.45, 7) is 0. The summed E-state index contributed by atoms with van der Waals surface area (Å²) in [4.78, 5) is 10.6. The van der Waals surface area contributed by atoms with E-state index in [1.54, 1.807) is 0 Å². The van der Waals surface area contributed by atoms with Crippen LogP contribution >= 0.6 is 22.9 Å². The van der Waals surface area contributed by atoms with Crippen LogP contribution in [0.5, 0.6) is 0 Å². The Morgan fingerprint density at radius 1 is 1.47 bits per heavy atom. The summed E-state index contributed by atoms with van der Waals surface area (Å²) in [5.41, 5.74) is 0. The molecule has 0 saturated heterocycles. The third kappa shape index (κ3) is 2.79. The fraction of sp³-hybridized carbons (Fsp3) is 0.444. The molecule has 0 amide bonds. The van der Waals surface area contributed by atoms with Crippen LogP contribution in [0.15, 0.2) is 16.3 Å². The highest BCUT2D eigenvalue weighted by Crippen LogP contribution is 2.31. The van der Waals surface area contributed by atoms with Crippen molar-refractivity contribution < 1.29 is 18.3 Å². The standard InChI is InChI=1S/C9H10ClNO4S2/c10-7-1-2-8(16-7)17(14,15)11-6-3-5(4-6)9(12)13/h1-2,5-6,11H,3-4H2,(H,12,13). The van der Waals surface area contributed by atoms with E-state index in [2.05, 4.69) is 4.72 Å². The van der Waals surface area contributed by atoms with Crippen LogP contribution in [0, 0.1) is 5.92 Å². The van der Waals surface area contributed by atoms with Crippen molar-refractivity contribution in [1.29, 1.82) is 0 Å². The Balaban J connectivity index is 1.98. The van der Waals surface area contributed by atoms with Gasteiger partial charge in [0, 0.05) is 6.04 Å². The van der Waals surface area contributed by atoms with E-state index in [9.17, 15) is 13.2 Å². The second kappa shape index (κ2) is 4.56. The van der Waals surface area contributed by atoms with Gasteiger partial charge < -0.3 is 5.11 Å². The topological polar surface area (TPSA) is 83.5 Å². The number of carbonyl (C=O) groups is 1. The second-order valence-corrected chi connectivity index (χ2v) is 7.54. The summed E-state index contributed by atoms with van der Waals surface area (Å²) < 4.78 is 26.7. The average Bonchev–Trinajstić information content (AvgIpc) is 2.57. The predicted molar refractivity (Wildman–Crippen MR) is 63.8 cm³/mol. The number of thiophene rings is 1. The van der Waals surface area contributed by atoms with Crippen molar-refractivity contribution in [3.05, 3.63) is 16.5 Å². The highest BCUT2D eigenvalue weighted by atomic mass is 35.5. The number of nitrogens with one attached hydrogen (secondary N) is 1. The predicted octanol–water partition coefficient (Wildman–Crippen LogP) is 1.54. The number of carboxylic acid groups (broad SMARTS) is 1. The zero-order valence-electron chi connectivity index (χ0n) is 8.59. The van der Waals surface area contributed by atoms with Crippen LogP contribution in [0.2, 0.25) is 4.34 Å². The molecule has 1 aliphatic carbocycles. The summed E-state index contributed by atoms with van der Waals surface area (Å²) in [5.74, 6) is -1.31. The van der Waals surface area contributed by atoms with E-state index in [-0.39, 0.29) is 10.3 Å². The first-order valence-electron chi connectivity index (χ1n) is 4.89. The third-order valence-corrected chi connectivity index (χ3v) is 5.87. The molecule has 1 saturated carbocycles. The van der Waals surface area contributed by atoms with Gasteiger partial charge in [-0.2, -0.15) is 0 Å². The smallest absolute Gasteiger partial charge is 0.306 e. The van der Waals surface area contributed by atoms with E-state index < -0.39 is 21.9 Å². The fourth-order valence-electron chi connectivity index (χ4n) is 1.64. The molecule has 5 nitrogen and oxygen atoms in total. The fourth-order valence-corrected chi connectivity index (χ4v) is 4.40. The molecule has 0 unspecified atom stereocenters. The van der Waals surface area contributed by atoms with Gasteiger partial charge in [0.1, 0.15) is 4.21 Å². The van der Waals surface area contributed by atoms with Gasteiger partial charge in [0.25, 0.3) is 0 Å². The van der Waals surface area contributed by atoms with E-state index in [0.717, 1.165) is 11.3 Å². The van der Waals surface area contributed by atoms with Crippen molar-refractivity contribution in [3.63, 3.8) is 0 Å². The lowest BCUT2D eigenvalue weighted by Gasteiger charge is -2.32. The minimum absolute atomic E-state index is 0.154. The molecule has 0 aromatic carbocycles. The average molecular weight is 296 g/mol. The molecule has 1 aliphatic rings. The SMILES string of the molecule is O=C(O)C1CC(NS(=O)(=O)c2ccc(Cl)s2)C1. The highest BCUT2D eigenvalue weighted by Gasteiger charge is 2.37. The Morgan fingerprint density at radius 3 is 2.59 bits per heavy atom. The zero-order chi connectivity index (χ0) is 12.6. The van der Waals surface area contributed by atoms with Gasteiger partial charge in [-0.05, 0) is 25.0 Å². The molecule has 94 valence electrons. The first-order valence-corrected chi connectivity index (χ1v) is 7.57. The number of hydrogen-bond acceptors (Lipinski definition) is 4. The molecule has 17 heavy (non-hydrogen) atoms. The van der Waals surface area contributed by atoms with Crippen molar-refractivity contribution in [2.75, 3.05) is 0 Å². The molecule has 0 aliphatic heterocycles. The Kier molecular flexibility index (Phi) is 3.44.